The maximum Gasteiger partial charge on any atom is 0.124 e. The molecule has 0 aliphatic carbocycles. The summed E-state index contributed by atoms with van der Waals surface area (Å²) in [5.74, 6) is 1.13. The van der Waals surface area contributed by atoms with Gasteiger partial charge in [0.25, 0.3) is 0 Å². The molecule has 1 aromatic heterocycles. The smallest absolute Gasteiger partial charge is 0.124 e. The molecule has 1 saturated heterocycles. The number of ether oxygens (including phenoxy) is 1. The summed E-state index contributed by atoms with van der Waals surface area (Å²) in [7, 11) is 0. The van der Waals surface area contributed by atoms with Crippen molar-refractivity contribution >= 4 is 5.82 Å². The molecule has 0 aromatic carbocycles. The van der Waals surface area contributed by atoms with Crippen LogP contribution in [0.4, 0.5) is 5.82 Å². The van der Waals surface area contributed by atoms with Gasteiger partial charge in [0.05, 0.1) is 18.8 Å². The highest BCUT2D eigenvalue weighted by Crippen LogP contribution is 2.14. The molecule has 1 aromatic rings. The summed E-state index contributed by atoms with van der Waals surface area (Å²) >= 11 is 0. The minimum atomic E-state index is 0.450. The molecule has 4 nitrogen and oxygen atoms in total. The van der Waals surface area contributed by atoms with Crippen LogP contribution in [-0.4, -0.2) is 29.0 Å². The summed E-state index contributed by atoms with van der Waals surface area (Å²) in [6.45, 7) is 4.93. The second-order valence-corrected chi connectivity index (χ2v) is 4.35. The van der Waals surface area contributed by atoms with Crippen LogP contribution in [0, 0.1) is 0 Å². The van der Waals surface area contributed by atoms with E-state index < -0.39 is 0 Å². The van der Waals surface area contributed by atoms with Crippen LogP contribution in [0.1, 0.15) is 32.6 Å². The van der Waals surface area contributed by atoms with E-state index in [0.717, 1.165) is 32.0 Å². The Labute approximate surface area is 97.0 Å². The first-order valence-electron chi connectivity index (χ1n) is 6.26. The average Bonchev–Trinajstić information content (AvgIpc) is 2.75. The molecule has 0 bridgehead atoms. The van der Waals surface area contributed by atoms with Gasteiger partial charge >= 0.3 is 0 Å². The molecule has 4 heteroatoms. The van der Waals surface area contributed by atoms with Crippen LogP contribution >= 0.6 is 0 Å². The molecule has 0 spiro atoms. The molecule has 2 rings (SSSR count). The van der Waals surface area contributed by atoms with Crippen molar-refractivity contribution in [3.8, 4) is 0 Å². The Morgan fingerprint density at radius 2 is 2.56 bits per heavy atom. The van der Waals surface area contributed by atoms with Crippen LogP contribution in [0.25, 0.3) is 0 Å². The molecular formula is C12H21N3O. The number of hydrogen-bond acceptors (Lipinski definition) is 3. The summed E-state index contributed by atoms with van der Waals surface area (Å²) in [5.41, 5.74) is 0. The van der Waals surface area contributed by atoms with Gasteiger partial charge in [-0.25, -0.2) is 4.68 Å². The summed E-state index contributed by atoms with van der Waals surface area (Å²) in [4.78, 5) is 0. The van der Waals surface area contributed by atoms with Crippen LogP contribution in [-0.2, 0) is 11.3 Å². The molecule has 0 amide bonds. The van der Waals surface area contributed by atoms with Crippen molar-refractivity contribution in [2.75, 3.05) is 18.5 Å². The van der Waals surface area contributed by atoms with E-state index in [1.54, 1.807) is 0 Å². The zero-order chi connectivity index (χ0) is 11.2. The Kier molecular flexibility index (Phi) is 4.22. The number of rotatable bonds is 5. The first-order chi connectivity index (χ1) is 7.90. The van der Waals surface area contributed by atoms with Crippen molar-refractivity contribution in [1.82, 2.24) is 9.78 Å². The molecule has 90 valence electrons. The van der Waals surface area contributed by atoms with Gasteiger partial charge in [-0.1, -0.05) is 13.3 Å². The molecular weight excluding hydrogens is 202 g/mol. The Hall–Kier alpha value is -1.03. The summed E-state index contributed by atoms with van der Waals surface area (Å²) in [6.07, 6.45) is 6.59. The topological polar surface area (TPSA) is 39.1 Å². The Balaban J connectivity index is 1.89. The molecule has 1 fully saturated rings. The summed E-state index contributed by atoms with van der Waals surface area (Å²) in [5, 5.41) is 7.85. The quantitative estimate of drug-likeness (QED) is 0.832. The van der Waals surface area contributed by atoms with E-state index in [4.69, 9.17) is 4.74 Å². The molecule has 1 atom stereocenters. The molecule has 16 heavy (non-hydrogen) atoms. The lowest BCUT2D eigenvalue weighted by Crippen LogP contribution is -2.31. The summed E-state index contributed by atoms with van der Waals surface area (Å²) in [6, 6.07) is 2.50. The fraction of sp³-hybridized carbons (Fsp3) is 0.750. The number of hydrogen-bond donors (Lipinski definition) is 1. The van der Waals surface area contributed by atoms with E-state index in [1.165, 1.54) is 19.3 Å². The first-order valence-corrected chi connectivity index (χ1v) is 6.26. The van der Waals surface area contributed by atoms with Gasteiger partial charge in [0.2, 0.25) is 0 Å². The van der Waals surface area contributed by atoms with Crippen LogP contribution in [0.15, 0.2) is 12.3 Å². The molecule has 0 saturated carbocycles. The van der Waals surface area contributed by atoms with Crippen LogP contribution < -0.4 is 5.32 Å². The van der Waals surface area contributed by atoms with E-state index in [-0.39, 0.29) is 0 Å². The maximum absolute atomic E-state index is 5.46. The fourth-order valence-electron chi connectivity index (χ4n) is 2.01. The van der Waals surface area contributed by atoms with Crippen LogP contribution in [0.2, 0.25) is 0 Å². The lowest BCUT2D eigenvalue weighted by molar-refractivity contribution is 0.0874. The molecule has 0 unspecified atom stereocenters. The van der Waals surface area contributed by atoms with Gasteiger partial charge in [-0.05, 0) is 19.3 Å². The zero-order valence-electron chi connectivity index (χ0n) is 9.98. The molecule has 0 radical (unpaired) electrons. The molecule has 2 heterocycles. The normalized spacial score (nSPS) is 20.9. The van der Waals surface area contributed by atoms with Crippen molar-refractivity contribution in [3.63, 3.8) is 0 Å². The lowest BCUT2D eigenvalue weighted by atomic mass is 10.1. The van der Waals surface area contributed by atoms with Crippen molar-refractivity contribution in [2.24, 2.45) is 0 Å². The monoisotopic (exact) mass is 223 g/mol. The van der Waals surface area contributed by atoms with E-state index in [1.807, 2.05) is 12.3 Å². The maximum atomic E-state index is 5.46. The predicted octanol–water partition coefficient (Wildman–Crippen LogP) is 2.27. The first kappa shape index (κ1) is 11.5. The van der Waals surface area contributed by atoms with Crippen LogP contribution in [0.5, 0.6) is 0 Å². The van der Waals surface area contributed by atoms with Gasteiger partial charge in [-0.3, -0.25) is 0 Å². The third-order valence-corrected chi connectivity index (χ3v) is 2.95. The van der Waals surface area contributed by atoms with Gasteiger partial charge in [0.15, 0.2) is 0 Å². The number of nitrogens with zero attached hydrogens (tertiary/aromatic N) is 2. The third-order valence-electron chi connectivity index (χ3n) is 2.95. The van der Waals surface area contributed by atoms with E-state index in [9.17, 15) is 0 Å². The number of aromatic nitrogens is 2. The Morgan fingerprint density at radius 1 is 1.62 bits per heavy atom. The van der Waals surface area contributed by atoms with Crippen molar-refractivity contribution in [3.05, 3.63) is 12.3 Å². The number of nitrogens with one attached hydrogen (secondary N) is 1. The van der Waals surface area contributed by atoms with Gasteiger partial charge < -0.3 is 10.1 Å². The molecule has 1 N–H and O–H groups in total. The van der Waals surface area contributed by atoms with E-state index >= 15 is 0 Å². The van der Waals surface area contributed by atoms with Gasteiger partial charge in [0.1, 0.15) is 5.82 Å². The van der Waals surface area contributed by atoms with E-state index in [0.29, 0.717) is 6.04 Å². The predicted molar refractivity (Wildman–Crippen MR) is 64.6 cm³/mol. The second kappa shape index (κ2) is 5.89. The molecule has 1 aliphatic rings. The highest BCUT2D eigenvalue weighted by atomic mass is 16.5. The van der Waals surface area contributed by atoms with Crippen molar-refractivity contribution in [1.29, 1.82) is 0 Å². The Morgan fingerprint density at radius 3 is 3.31 bits per heavy atom. The van der Waals surface area contributed by atoms with Gasteiger partial charge in [-0.15, -0.1) is 0 Å². The van der Waals surface area contributed by atoms with Gasteiger partial charge in [0, 0.05) is 19.2 Å². The highest BCUT2D eigenvalue weighted by molar-refractivity contribution is 5.35. The zero-order valence-corrected chi connectivity index (χ0v) is 9.98. The number of anilines is 1. The number of unbranched alkanes of at least 4 members (excludes halogenated alkanes) is 1. The Bertz CT molecular complexity index is 305. The minimum Gasteiger partial charge on any atom is -0.379 e. The highest BCUT2D eigenvalue weighted by Gasteiger charge is 2.14. The molecule has 1 aliphatic heterocycles. The van der Waals surface area contributed by atoms with E-state index in [2.05, 4.69) is 22.0 Å². The van der Waals surface area contributed by atoms with Crippen LogP contribution in [0.3, 0.4) is 0 Å². The second-order valence-electron chi connectivity index (χ2n) is 4.35. The minimum absolute atomic E-state index is 0.450. The third kappa shape index (κ3) is 2.98. The summed E-state index contributed by atoms with van der Waals surface area (Å²) < 4.78 is 7.51. The SMILES string of the molecule is CCCCn1nccc1N[C@H]1CCCOC1. The standard InChI is InChI=1S/C12H21N3O/c1-2-3-8-15-12(6-7-13-15)14-11-5-4-9-16-10-11/h6-7,11,14H,2-5,8-10H2,1H3/t11-/m0/s1. The van der Waals surface area contributed by atoms with Crippen molar-refractivity contribution in [2.45, 2.75) is 45.2 Å². The fourth-order valence-corrected chi connectivity index (χ4v) is 2.01. The van der Waals surface area contributed by atoms with Crippen molar-refractivity contribution < 1.29 is 4.74 Å². The number of aryl methyl sites for hydroxylation is 1. The largest absolute Gasteiger partial charge is 0.379 e. The average molecular weight is 223 g/mol. The lowest BCUT2D eigenvalue weighted by Gasteiger charge is -2.24. The van der Waals surface area contributed by atoms with Gasteiger partial charge in [-0.2, -0.15) is 5.10 Å².